The van der Waals surface area contributed by atoms with Crippen LogP contribution in [0.4, 0.5) is 0 Å². The van der Waals surface area contributed by atoms with Crippen molar-refractivity contribution in [3.8, 4) is 28.6 Å². The maximum Gasteiger partial charge on any atom is 0.308 e. The topological polar surface area (TPSA) is 246 Å². The van der Waals surface area contributed by atoms with Crippen molar-refractivity contribution in [2.24, 2.45) is 0 Å². The van der Waals surface area contributed by atoms with Gasteiger partial charge in [0.1, 0.15) is 77.2 Å². The van der Waals surface area contributed by atoms with Crippen LogP contribution in [0, 0.1) is 0 Å². The molecular formula is C29H32O15. The highest BCUT2D eigenvalue weighted by molar-refractivity contribution is 5.89. The van der Waals surface area contributed by atoms with Crippen LogP contribution in [0.3, 0.4) is 0 Å². The second-order valence-corrected chi connectivity index (χ2v) is 10.7. The first-order chi connectivity index (χ1) is 20.8. The summed E-state index contributed by atoms with van der Waals surface area (Å²) >= 11 is 0. The number of esters is 1. The molecule has 1 aromatic heterocycles. The number of fused-ring (bicyclic) bond motifs is 1. The van der Waals surface area contributed by atoms with E-state index in [0.717, 1.165) is 12.1 Å². The maximum absolute atomic E-state index is 13.2. The fourth-order valence-corrected chi connectivity index (χ4v) is 5.36. The average Bonchev–Trinajstić information content (AvgIpc) is 2.97. The summed E-state index contributed by atoms with van der Waals surface area (Å²) in [5.74, 6) is -1.69. The lowest BCUT2D eigenvalue weighted by molar-refractivity contribution is -0.338. The number of phenols is 2. The molecule has 3 aromatic rings. The average molecular weight is 621 g/mol. The summed E-state index contributed by atoms with van der Waals surface area (Å²) in [5, 5.41) is 84.0. The summed E-state index contributed by atoms with van der Waals surface area (Å²) in [6.45, 7) is 1.82. The smallest absolute Gasteiger partial charge is 0.308 e. The number of benzene rings is 2. The van der Waals surface area contributed by atoms with Gasteiger partial charge in [0.25, 0.3) is 0 Å². The van der Waals surface area contributed by atoms with E-state index in [4.69, 9.17) is 23.4 Å². The van der Waals surface area contributed by atoms with Crippen molar-refractivity contribution < 1.29 is 69.0 Å². The van der Waals surface area contributed by atoms with Crippen LogP contribution in [0.5, 0.6) is 17.2 Å². The van der Waals surface area contributed by atoms with Gasteiger partial charge < -0.3 is 64.2 Å². The van der Waals surface area contributed by atoms with Gasteiger partial charge in [0.05, 0.1) is 18.3 Å². The third-order valence-electron chi connectivity index (χ3n) is 7.65. The van der Waals surface area contributed by atoms with Gasteiger partial charge in [-0.25, -0.2) is 0 Å². The Morgan fingerprint density at radius 2 is 1.57 bits per heavy atom. The van der Waals surface area contributed by atoms with Gasteiger partial charge in [-0.05, 0) is 31.2 Å². The summed E-state index contributed by atoms with van der Waals surface area (Å²) < 4.78 is 27.8. The molecule has 238 valence electrons. The molecule has 2 fully saturated rings. The molecule has 1 unspecified atom stereocenters. The van der Waals surface area contributed by atoms with E-state index in [1.54, 1.807) is 0 Å². The van der Waals surface area contributed by atoms with Crippen LogP contribution in [-0.2, 0) is 19.0 Å². The van der Waals surface area contributed by atoms with E-state index in [1.807, 2.05) is 0 Å². The standard InChI is InChI=1S/C29H32O15/c1-10-21(35)23(37)24(38)29(40-10)44-28-22(36)18(9-30)43-27(25(28)39)20-15(33)7-14(32)19-16(34)8-17(42-26(19)20)12-3-5-13(6-4-12)41-11(2)31/h3-8,10,18,21-25,27-30,32-33,35-39H,9H2,1-2H3/t10-,18-,21-,22-,23+,24+,25+,27?,28+,29-/m1/s1. The Labute approximate surface area is 248 Å². The quantitative estimate of drug-likeness (QED) is 0.124. The van der Waals surface area contributed by atoms with Crippen LogP contribution >= 0.6 is 0 Å². The lowest BCUT2D eigenvalue weighted by Gasteiger charge is -2.46. The summed E-state index contributed by atoms with van der Waals surface area (Å²) in [6, 6.07) is 7.78. The van der Waals surface area contributed by atoms with Crippen LogP contribution < -0.4 is 10.2 Å². The van der Waals surface area contributed by atoms with Crippen molar-refractivity contribution in [1.82, 2.24) is 0 Å². The number of aliphatic hydroxyl groups is 6. The normalized spacial score (nSPS) is 32.5. The first-order valence-electron chi connectivity index (χ1n) is 13.6. The lowest BCUT2D eigenvalue weighted by atomic mass is 9.89. The van der Waals surface area contributed by atoms with E-state index in [2.05, 4.69) is 0 Å². The Balaban J connectivity index is 1.58. The van der Waals surface area contributed by atoms with Crippen LogP contribution in [-0.4, -0.2) is 109 Å². The van der Waals surface area contributed by atoms with Gasteiger partial charge >= 0.3 is 5.97 Å². The van der Waals surface area contributed by atoms with Crippen molar-refractivity contribution in [1.29, 1.82) is 0 Å². The van der Waals surface area contributed by atoms with Crippen molar-refractivity contribution >= 4 is 16.9 Å². The first kappa shape index (κ1) is 31.8. The molecule has 5 rings (SSSR count). The number of carbonyl (C=O) groups is 1. The van der Waals surface area contributed by atoms with Gasteiger partial charge in [0.15, 0.2) is 17.3 Å². The molecular weight excluding hydrogens is 588 g/mol. The van der Waals surface area contributed by atoms with Gasteiger partial charge in [-0.2, -0.15) is 0 Å². The first-order valence-corrected chi connectivity index (χ1v) is 13.6. The van der Waals surface area contributed by atoms with E-state index < -0.39 is 96.3 Å². The highest BCUT2D eigenvalue weighted by Gasteiger charge is 2.51. The second kappa shape index (κ2) is 12.4. The molecule has 2 aromatic carbocycles. The van der Waals surface area contributed by atoms with Crippen molar-refractivity contribution in [2.75, 3.05) is 6.61 Å². The predicted octanol–water partition coefficient (Wildman–Crippen LogP) is -0.837. The molecule has 0 radical (unpaired) electrons. The minimum absolute atomic E-state index is 0.0415. The zero-order valence-electron chi connectivity index (χ0n) is 23.4. The number of hydrogen-bond donors (Lipinski definition) is 8. The van der Waals surface area contributed by atoms with Gasteiger partial charge in [0, 0.05) is 24.6 Å². The van der Waals surface area contributed by atoms with Crippen molar-refractivity contribution in [2.45, 2.75) is 75.1 Å². The fraction of sp³-hybridized carbons (Fsp3) is 0.448. The SMILES string of the molecule is CC(=O)Oc1ccc(-c2cc(=O)c3c(O)cc(O)c(C4O[C@H](CO)[C@@H](O)[C@H](O[C@H]5O[C@H](C)[C@@H](O)[C@H](O)[C@@H]5O)[C@H]4O)c3o2)cc1. The fourth-order valence-electron chi connectivity index (χ4n) is 5.36. The number of aliphatic hydroxyl groups excluding tert-OH is 6. The highest BCUT2D eigenvalue weighted by atomic mass is 16.7. The third kappa shape index (κ3) is 5.77. The number of phenolic OH excluding ortho intramolecular Hbond substituents is 2. The van der Waals surface area contributed by atoms with Gasteiger partial charge in [-0.1, -0.05) is 0 Å². The number of carbonyl (C=O) groups excluding carboxylic acids is 1. The van der Waals surface area contributed by atoms with Crippen molar-refractivity contribution in [3.05, 3.63) is 52.2 Å². The molecule has 2 saturated heterocycles. The summed E-state index contributed by atoms with van der Waals surface area (Å²) in [4.78, 5) is 24.4. The lowest BCUT2D eigenvalue weighted by Crippen LogP contribution is -2.62. The molecule has 3 heterocycles. The third-order valence-corrected chi connectivity index (χ3v) is 7.65. The van der Waals surface area contributed by atoms with E-state index in [-0.39, 0.29) is 22.5 Å². The minimum atomic E-state index is -1.89. The van der Waals surface area contributed by atoms with E-state index in [1.165, 1.54) is 38.1 Å². The minimum Gasteiger partial charge on any atom is -0.507 e. The van der Waals surface area contributed by atoms with Crippen molar-refractivity contribution in [3.63, 3.8) is 0 Å². The highest BCUT2D eigenvalue weighted by Crippen LogP contribution is 2.44. The summed E-state index contributed by atoms with van der Waals surface area (Å²) in [6.07, 6.45) is -16.0. The molecule has 15 nitrogen and oxygen atoms in total. The Kier molecular flexibility index (Phi) is 8.95. The Morgan fingerprint density at radius 1 is 0.886 bits per heavy atom. The molecule has 10 atom stereocenters. The summed E-state index contributed by atoms with van der Waals surface area (Å²) in [7, 11) is 0. The summed E-state index contributed by atoms with van der Waals surface area (Å²) in [5.41, 5.74) is -1.14. The molecule has 44 heavy (non-hydrogen) atoms. The Bertz CT molecular complexity index is 1570. The van der Waals surface area contributed by atoms with Gasteiger partial charge in [-0.3, -0.25) is 9.59 Å². The molecule has 15 heteroatoms. The van der Waals surface area contributed by atoms with Crippen LogP contribution in [0.15, 0.2) is 45.6 Å². The number of rotatable bonds is 6. The van der Waals surface area contributed by atoms with Crippen LogP contribution in [0.1, 0.15) is 25.5 Å². The number of ether oxygens (including phenoxy) is 4. The maximum atomic E-state index is 13.2. The molecule has 0 amide bonds. The van der Waals surface area contributed by atoms with Gasteiger partial charge in [0.2, 0.25) is 0 Å². The number of hydrogen-bond acceptors (Lipinski definition) is 15. The predicted molar refractivity (Wildman–Crippen MR) is 147 cm³/mol. The zero-order chi connectivity index (χ0) is 32.0. The number of aromatic hydroxyl groups is 2. The van der Waals surface area contributed by atoms with Crippen LogP contribution in [0.2, 0.25) is 0 Å². The largest absolute Gasteiger partial charge is 0.507 e. The van der Waals surface area contributed by atoms with Gasteiger partial charge in [-0.15, -0.1) is 0 Å². The van der Waals surface area contributed by atoms with E-state index in [0.29, 0.717) is 5.56 Å². The zero-order valence-corrected chi connectivity index (χ0v) is 23.4. The molecule has 0 bridgehead atoms. The molecule has 0 spiro atoms. The molecule has 2 aliphatic rings. The monoisotopic (exact) mass is 620 g/mol. The molecule has 8 N–H and O–H groups in total. The van der Waals surface area contributed by atoms with Crippen LogP contribution in [0.25, 0.3) is 22.3 Å². The van der Waals surface area contributed by atoms with E-state index >= 15 is 0 Å². The molecule has 0 aliphatic carbocycles. The Hall–Kier alpha value is -3.64. The second-order valence-electron chi connectivity index (χ2n) is 10.7. The Morgan fingerprint density at radius 3 is 2.20 bits per heavy atom. The van der Waals surface area contributed by atoms with E-state index in [9.17, 15) is 50.4 Å². The molecule has 2 aliphatic heterocycles. The molecule has 0 saturated carbocycles.